The normalized spacial score (nSPS) is 16.6. The summed E-state index contributed by atoms with van der Waals surface area (Å²) in [4.78, 5) is 22.7. The molecule has 2 aromatic rings. The highest BCUT2D eigenvalue weighted by Gasteiger charge is 2.23. The highest BCUT2D eigenvalue weighted by molar-refractivity contribution is 7.17. The number of nitrogens with one attached hydrogen (secondary N) is 1. The van der Waals surface area contributed by atoms with Gasteiger partial charge in [0, 0.05) is 12.2 Å². The summed E-state index contributed by atoms with van der Waals surface area (Å²) in [5.74, 6) is 1.40. The van der Waals surface area contributed by atoms with Gasteiger partial charge in [0.15, 0.2) is 0 Å². The van der Waals surface area contributed by atoms with Crippen molar-refractivity contribution in [3.8, 4) is 10.6 Å². The average Bonchev–Trinajstić information content (AvgIpc) is 3.19. The van der Waals surface area contributed by atoms with E-state index in [-0.39, 0.29) is 11.9 Å². The lowest BCUT2D eigenvalue weighted by molar-refractivity contribution is 0.0931. The van der Waals surface area contributed by atoms with Gasteiger partial charge in [-0.25, -0.2) is 9.97 Å². The molecule has 1 atom stereocenters. The van der Waals surface area contributed by atoms with E-state index < -0.39 is 0 Å². The van der Waals surface area contributed by atoms with Crippen molar-refractivity contribution in [2.45, 2.75) is 45.6 Å². The molecule has 1 aliphatic rings. The fourth-order valence-corrected chi connectivity index (χ4v) is 3.92. The van der Waals surface area contributed by atoms with Crippen LogP contribution in [0.3, 0.4) is 0 Å². The van der Waals surface area contributed by atoms with Crippen molar-refractivity contribution >= 4 is 17.2 Å². The number of carbonyl (C=O) groups excluding carboxylic acids is 1. The molecule has 1 unspecified atom stereocenters. The molecule has 1 fully saturated rings. The Balaban J connectivity index is 1.69. The smallest absolute Gasteiger partial charge is 0.261 e. The number of aryl methyl sites for hydroxylation is 1. The molecule has 2 heterocycles. The number of thiophene rings is 1. The first kappa shape index (κ1) is 15.2. The summed E-state index contributed by atoms with van der Waals surface area (Å²) in [6.45, 7) is 3.99. The van der Waals surface area contributed by atoms with E-state index in [1.807, 2.05) is 25.1 Å². The van der Waals surface area contributed by atoms with Gasteiger partial charge in [0.25, 0.3) is 5.91 Å². The second-order valence-electron chi connectivity index (χ2n) is 5.96. The van der Waals surface area contributed by atoms with E-state index in [1.165, 1.54) is 37.0 Å². The minimum absolute atomic E-state index is 0.0291. The third-order valence-corrected chi connectivity index (χ3v) is 5.43. The molecule has 0 radical (unpaired) electrons. The monoisotopic (exact) mass is 315 g/mol. The van der Waals surface area contributed by atoms with E-state index in [1.54, 1.807) is 6.20 Å². The van der Waals surface area contributed by atoms with Gasteiger partial charge in [-0.2, -0.15) is 0 Å². The fraction of sp³-hybridized carbons (Fsp3) is 0.471. The minimum Gasteiger partial charge on any atom is -0.349 e. The molecule has 22 heavy (non-hydrogen) atoms. The summed E-state index contributed by atoms with van der Waals surface area (Å²) in [6.07, 6.45) is 6.80. The molecule has 4 nitrogen and oxygen atoms in total. The van der Waals surface area contributed by atoms with Gasteiger partial charge < -0.3 is 5.32 Å². The van der Waals surface area contributed by atoms with Crippen molar-refractivity contribution in [3.05, 3.63) is 35.1 Å². The Bertz CT molecular complexity index is 661. The average molecular weight is 315 g/mol. The van der Waals surface area contributed by atoms with Gasteiger partial charge in [-0.15, -0.1) is 11.3 Å². The number of rotatable bonds is 4. The van der Waals surface area contributed by atoms with Gasteiger partial charge in [-0.1, -0.05) is 12.8 Å². The molecule has 1 N–H and O–H groups in total. The van der Waals surface area contributed by atoms with Crippen LogP contribution in [0.2, 0.25) is 0 Å². The van der Waals surface area contributed by atoms with Crippen molar-refractivity contribution in [2.75, 3.05) is 0 Å². The fourth-order valence-electron chi connectivity index (χ4n) is 3.04. The zero-order valence-corrected chi connectivity index (χ0v) is 13.8. The molecule has 0 aromatic carbocycles. The first-order valence-corrected chi connectivity index (χ1v) is 8.66. The third-order valence-electron chi connectivity index (χ3n) is 4.32. The Morgan fingerprint density at radius 1 is 1.32 bits per heavy atom. The van der Waals surface area contributed by atoms with Crippen LogP contribution in [0.5, 0.6) is 0 Å². The number of hydrogen-bond acceptors (Lipinski definition) is 4. The van der Waals surface area contributed by atoms with Crippen molar-refractivity contribution in [1.29, 1.82) is 0 Å². The number of hydrogen-bond donors (Lipinski definition) is 1. The Hall–Kier alpha value is -1.75. The van der Waals surface area contributed by atoms with Crippen LogP contribution in [0.25, 0.3) is 10.6 Å². The van der Waals surface area contributed by atoms with Gasteiger partial charge >= 0.3 is 0 Å². The van der Waals surface area contributed by atoms with Gasteiger partial charge in [0.2, 0.25) is 0 Å². The quantitative estimate of drug-likeness (QED) is 0.933. The molecule has 1 aliphatic carbocycles. The van der Waals surface area contributed by atoms with E-state index in [4.69, 9.17) is 0 Å². The lowest BCUT2D eigenvalue weighted by atomic mass is 10.00. The van der Waals surface area contributed by atoms with Crippen LogP contribution < -0.4 is 5.32 Å². The Kier molecular flexibility index (Phi) is 4.52. The summed E-state index contributed by atoms with van der Waals surface area (Å²) >= 11 is 1.48. The summed E-state index contributed by atoms with van der Waals surface area (Å²) in [5.41, 5.74) is 0.875. The van der Waals surface area contributed by atoms with Crippen molar-refractivity contribution in [3.63, 3.8) is 0 Å². The van der Waals surface area contributed by atoms with Crippen LogP contribution in [0.15, 0.2) is 24.4 Å². The predicted octanol–water partition coefficient (Wildman–Crippen LogP) is 3.82. The SMILES string of the molecule is Cc1nccc(-c2ccc(C(=O)NC(C)C3CCCC3)s2)n1. The van der Waals surface area contributed by atoms with Crippen LogP contribution in [0, 0.1) is 12.8 Å². The molecule has 0 saturated heterocycles. The number of carbonyl (C=O) groups is 1. The Morgan fingerprint density at radius 3 is 2.82 bits per heavy atom. The van der Waals surface area contributed by atoms with Crippen molar-refractivity contribution in [2.24, 2.45) is 5.92 Å². The van der Waals surface area contributed by atoms with Crippen molar-refractivity contribution in [1.82, 2.24) is 15.3 Å². The second-order valence-corrected chi connectivity index (χ2v) is 7.04. The van der Waals surface area contributed by atoms with Crippen LogP contribution >= 0.6 is 11.3 Å². The highest BCUT2D eigenvalue weighted by atomic mass is 32.1. The molecule has 2 aromatic heterocycles. The van der Waals surface area contributed by atoms with Crippen molar-refractivity contribution < 1.29 is 4.79 Å². The number of aromatic nitrogens is 2. The lowest BCUT2D eigenvalue weighted by Gasteiger charge is -2.19. The Labute approximate surface area is 135 Å². The summed E-state index contributed by atoms with van der Waals surface area (Å²) in [6, 6.07) is 5.97. The summed E-state index contributed by atoms with van der Waals surface area (Å²) < 4.78 is 0. The number of amides is 1. The zero-order valence-electron chi connectivity index (χ0n) is 13.0. The molecular weight excluding hydrogens is 294 g/mol. The maximum Gasteiger partial charge on any atom is 0.261 e. The molecular formula is C17H21N3OS. The van der Waals surface area contributed by atoms with E-state index in [2.05, 4.69) is 22.2 Å². The molecule has 116 valence electrons. The standard InChI is InChI=1S/C17H21N3OS/c1-11(13-5-3-4-6-13)19-17(21)16-8-7-15(22-16)14-9-10-18-12(2)20-14/h7-11,13H,3-6H2,1-2H3,(H,19,21). The number of nitrogens with zero attached hydrogens (tertiary/aromatic N) is 2. The van der Waals surface area contributed by atoms with E-state index >= 15 is 0 Å². The lowest BCUT2D eigenvalue weighted by Crippen LogP contribution is -2.36. The highest BCUT2D eigenvalue weighted by Crippen LogP contribution is 2.29. The van der Waals surface area contributed by atoms with E-state index in [9.17, 15) is 4.79 Å². The maximum atomic E-state index is 12.4. The molecule has 0 spiro atoms. The molecule has 5 heteroatoms. The van der Waals surface area contributed by atoms with Crippen LogP contribution in [-0.4, -0.2) is 21.9 Å². The largest absolute Gasteiger partial charge is 0.349 e. The van der Waals surface area contributed by atoms with Crippen LogP contribution in [0.1, 0.15) is 48.1 Å². The van der Waals surface area contributed by atoms with Gasteiger partial charge in [-0.3, -0.25) is 4.79 Å². The first-order chi connectivity index (χ1) is 10.6. The maximum absolute atomic E-state index is 12.4. The first-order valence-electron chi connectivity index (χ1n) is 7.84. The summed E-state index contributed by atoms with van der Waals surface area (Å²) in [5, 5.41) is 3.15. The van der Waals surface area contributed by atoms with Crippen LogP contribution in [-0.2, 0) is 0 Å². The molecule has 0 bridgehead atoms. The van der Waals surface area contributed by atoms with E-state index in [0.29, 0.717) is 5.92 Å². The zero-order chi connectivity index (χ0) is 15.5. The summed E-state index contributed by atoms with van der Waals surface area (Å²) in [7, 11) is 0. The van der Waals surface area contributed by atoms with Gasteiger partial charge in [0.05, 0.1) is 15.4 Å². The predicted molar refractivity (Wildman–Crippen MR) is 89.0 cm³/mol. The van der Waals surface area contributed by atoms with E-state index in [0.717, 1.165) is 21.3 Å². The second kappa shape index (κ2) is 6.57. The molecule has 1 amide bonds. The van der Waals surface area contributed by atoms with Crippen LogP contribution in [0.4, 0.5) is 0 Å². The topological polar surface area (TPSA) is 54.9 Å². The van der Waals surface area contributed by atoms with Gasteiger partial charge in [-0.05, 0) is 50.8 Å². The molecule has 3 rings (SSSR count). The Morgan fingerprint density at radius 2 is 2.09 bits per heavy atom. The minimum atomic E-state index is 0.0291. The third kappa shape index (κ3) is 3.35. The molecule has 0 aliphatic heterocycles. The molecule has 1 saturated carbocycles. The van der Waals surface area contributed by atoms with Gasteiger partial charge in [0.1, 0.15) is 5.82 Å².